The standard InChI is InChI=1S/C11H11NO3/c1-2-7-3-9(13)4-8(6-12)10(7)5-11(14)15/h3-4,13H,2,5H2,1H3,(H,14,15). The van der Waals surface area contributed by atoms with Crippen LogP contribution in [0.3, 0.4) is 0 Å². The number of aliphatic carboxylic acids is 1. The maximum absolute atomic E-state index is 10.6. The fourth-order valence-electron chi connectivity index (χ4n) is 1.49. The average Bonchev–Trinajstić information content (AvgIpc) is 2.19. The number of carboxylic acid groups (broad SMARTS) is 1. The average molecular weight is 205 g/mol. The number of carboxylic acids is 1. The van der Waals surface area contributed by atoms with Gasteiger partial charge in [0.15, 0.2) is 0 Å². The lowest BCUT2D eigenvalue weighted by molar-refractivity contribution is -0.136. The Morgan fingerprint density at radius 3 is 2.67 bits per heavy atom. The van der Waals surface area contributed by atoms with Gasteiger partial charge in [0.2, 0.25) is 0 Å². The van der Waals surface area contributed by atoms with Gasteiger partial charge in [-0.05, 0) is 29.7 Å². The van der Waals surface area contributed by atoms with Crippen molar-refractivity contribution in [3.8, 4) is 11.8 Å². The first-order valence-electron chi connectivity index (χ1n) is 4.55. The molecule has 15 heavy (non-hydrogen) atoms. The fraction of sp³-hybridized carbons (Fsp3) is 0.273. The number of hydrogen-bond acceptors (Lipinski definition) is 3. The first-order valence-corrected chi connectivity index (χ1v) is 4.55. The SMILES string of the molecule is CCc1cc(O)cc(C#N)c1CC(=O)O. The molecule has 78 valence electrons. The molecule has 0 radical (unpaired) electrons. The van der Waals surface area contributed by atoms with Crippen LogP contribution in [-0.2, 0) is 17.6 Å². The molecule has 1 rings (SSSR count). The van der Waals surface area contributed by atoms with Crippen LogP contribution in [0.1, 0.15) is 23.6 Å². The number of nitrogens with zero attached hydrogens (tertiary/aromatic N) is 1. The molecular weight excluding hydrogens is 194 g/mol. The van der Waals surface area contributed by atoms with Gasteiger partial charge in [0.1, 0.15) is 5.75 Å². The molecule has 1 aromatic rings. The molecule has 4 heteroatoms. The normalized spacial score (nSPS) is 9.60. The molecule has 0 aliphatic heterocycles. The van der Waals surface area contributed by atoms with E-state index in [9.17, 15) is 9.90 Å². The zero-order valence-corrected chi connectivity index (χ0v) is 8.32. The molecule has 4 nitrogen and oxygen atoms in total. The maximum Gasteiger partial charge on any atom is 0.307 e. The molecule has 0 fully saturated rings. The van der Waals surface area contributed by atoms with Crippen molar-refractivity contribution in [1.29, 1.82) is 5.26 Å². The number of benzene rings is 1. The molecule has 0 spiro atoms. The molecule has 0 saturated carbocycles. The Morgan fingerprint density at radius 2 is 2.20 bits per heavy atom. The van der Waals surface area contributed by atoms with E-state index < -0.39 is 5.97 Å². The van der Waals surface area contributed by atoms with Crippen LogP contribution >= 0.6 is 0 Å². The van der Waals surface area contributed by atoms with E-state index in [1.807, 2.05) is 13.0 Å². The Kier molecular flexibility index (Phi) is 3.29. The van der Waals surface area contributed by atoms with E-state index in [-0.39, 0.29) is 17.7 Å². The highest BCUT2D eigenvalue weighted by Crippen LogP contribution is 2.22. The number of phenols is 1. The van der Waals surface area contributed by atoms with Gasteiger partial charge in [-0.15, -0.1) is 0 Å². The molecule has 0 heterocycles. The predicted octanol–water partition coefficient (Wildman–Crippen LogP) is 1.45. The third-order valence-corrected chi connectivity index (χ3v) is 2.16. The minimum atomic E-state index is -0.980. The Labute approximate surface area is 87.4 Å². The van der Waals surface area contributed by atoms with Crippen LogP contribution in [0.4, 0.5) is 0 Å². The summed E-state index contributed by atoms with van der Waals surface area (Å²) < 4.78 is 0. The summed E-state index contributed by atoms with van der Waals surface area (Å²) >= 11 is 0. The third kappa shape index (κ3) is 2.47. The highest BCUT2D eigenvalue weighted by molar-refractivity contribution is 5.72. The first kappa shape index (κ1) is 11.1. The summed E-state index contributed by atoms with van der Waals surface area (Å²) in [5.41, 5.74) is 1.42. The minimum absolute atomic E-state index is 0.00228. The van der Waals surface area contributed by atoms with Crippen LogP contribution < -0.4 is 0 Å². The van der Waals surface area contributed by atoms with E-state index in [4.69, 9.17) is 10.4 Å². The first-order chi connectivity index (χ1) is 7.08. The van der Waals surface area contributed by atoms with Crippen LogP contribution in [0.25, 0.3) is 0 Å². The molecule has 0 aliphatic carbocycles. The second-order valence-electron chi connectivity index (χ2n) is 3.17. The van der Waals surface area contributed by atoms with Crippen molar-refractivity contribution < 1.29 is 15.0 Å². The molecule has 0 aliphatic rings. The van der Waals surface area contributed by atoms with E-state index in [1.54, 1.807) is 0 Å². The van der Waals surface area contributed by atoms with Gasteiger partial charge in [-0.1, -0.05) is 6.92 Å². The third-order valence-electron chi connectivity index (χ3n) is 2.16. The zero-order valence-electron chi connectivity index (χ0n) is 8.32. The van der Waals surface area contributed by atoms with Crippen LogP contribution in [0.5, 0.6) is 5.75 Å². The number of aryl methyl sites for hydroxylation is 1. The van der Waals surface area contributed by atoms with Gasteiger partial charge < -0.3 is 10.2 Å². The summed E-state index contributed by atoms with van der Waals surface area (Å²) in [5.74, 6) is -0.982. The van der Waals surface area contributed by atoms with E-state index in [0.29, 0.717) is 17.5 Å². The van der Waals surface area contributed by atoms with Crippen LogP contribution in [-0.4, -0.2) is 16.2 Å². The summed E-state index contributed by atoms with van der Waals surface area (Å²) in [6, 6.07) is 4.68. The molecule has 0 unspecified atom stereocenters. The van der Waals surface area contributed by atoms with Crippen LogP contribution in [0, 0.1) is 11.3 Å². The number of carbonyl (C=O) groups is 1. The lowest BCUT2D eigenvalue weighted by Crippen LogP contribution is -2.05. The number of hydrogen-bond donors (Lipinski definition) is 2. The Hall–Kier alpha value is -2.02. The highest BCUT2D eigenvalue weighted by Gasteiger charge is 2.12. The van der Waals surface area contributed by atoms with Crippen molar-refractivity contribution in [1.82, 2.24) is 0 Å². The summed E-state index contributed by atoms with van der Waals surface area (Å²) in [6.45, 7) is 1.85. The van der Waals surface area contributed by atoms with Gasteiger partial charge in [-0.2, -0.15) is 5.26 Å². The van der Waals surface area contributed by atoms with Gasteiger partial charge in [-0.25, -0.2) is 0 Å². The van der Waals surface area contributed by atoms with Crippen molar-refractivity contribution in [3.05, 3.63) is 28.8 Å². The topological polar surface area (TPSA) is 81.3 Å². The van der Waals surface area contributed by atoms with Crippen molar-refractivity contribution in [2.45, 2.75) is 19.8 Å². The predicted molar refractivity (Wildman–Crippen MR) is 53.5 cm³/mol. The summed E-state index contributed by atoms with van der Waals surface area (Å²) in [5, 5.41) is 26.8. The van der Waals surface area contributed by atoms with E-state index in [2.05, 4.69) is 0 Å². The second-order valence-corrected chi connectivity index (χ2v) is 3.17. The fourth-order valence-corrected chi connectivity index (χ4v) is 1.49. The van der Waals surface area contributed by atoms with Crippen molar-refractivity contribution in [3.63, 3.8) is 0 Å². The molecule has 2 N–H and O–H groups in total. The Morgan fingerprint density at radius 1 is 1.53 bits per heavy atom. The lowest BCUT2D eigenvalue weighted by atomic mass is 9.97. The zero-order chi connectivity index (χ0) is 11.4. The summed E-state index contributed by atoms with van der Waals surface area (Å²) in [4.78, 5) is 10.6. The minimum Gasteiger partial charge on any atom is -0.508 e. The molecule has 0 atom stereocenters. The number of nitriles is 1. The highest BCUT2D eigenvalue weighted by atomic mass is 16.4. The molecule has 1 aromatic carbocycles. The maximum atomic E-state index is 10.6. The van der Waals surface area contributed by atoms with Crippen LogP contribution in [0.15, 0.2) is 12.1 Å². The van der Waals surface area contributed by atoms with E-state index >= 15 is 0 Å². The molecule has 0 aromatic heterocycles. The van der Waals surface area contributed by atoms with Crippen LogP contribution in [0.2, 0.25) is 0 Å². The Bertz CT molecular complexity index is 432. The van der Waals surface area contributed by atoms with Gasteiger partial charge in [0.05, 0.1) is 18.1 Å². The molecule has 0 bridgehead atoms. The summed E-state index contributed by atoms with van der Waals surface area (Å²) in [7, 11) is 0. The quantitative estimate of drug-likeness (QED) is 0.782. The van der Waals surface area contributed by atoms with Gasteiger partial charge in [0.25, 0.3) is 0 Å². The number of rotatable bonds is 3. The van der Waals surface area contributed by atoms with Crippen molar-refractivity contribution in [2.24, 2.45) is 0 Å². The number of aromatic hydroxyl groups is 1. The smallest absolute Gasteiger partial charge is 0.307 e. The molecule has 0 saturated heterocycles. The lowest BCUT2D eigenvalue weighted by Gasteiger charge is -2.08. The van der Waals surface area contributed by atoms with Gasteiger partial charge in [0, 0.05) is 0 Å². The van der Waals surface area contributed by atoms with Gasteiger partial charge >= 0.3 is 5.97 Å². The second kappa shape index (κ2) is 4.47. The number of phenolic OH excluding ortho intramolecular Hbond substituents is 1. The Balaban J connectivity index is 3.31. The van der Waals surface area contributed by atoms with Gasteiger partial charge in [-0.3, -0.25) is 4.79 Å². The molecular formula is C11H11NO3. The molecule has 0 amide bonds. The summed E-state index contributed by atoms with van der Waals surface area (Å²) in [6.07, 6.45) is 0.401. The van der Waals surface area contributed by atoms with E-state index in [1.165, 1.54) is 12.1 Å². The van der Waals surface area contributed by atoms with Crippen molar-refractivity contribution in [2.75, 3.05) is 0 Å². The van der Waals surface area contributed by atoms with E-state index in [0.717, 1.165) is 0 Å². The van der Waals surface area contributed by atoms with Crippen molar-refractivity contribution >= 4 is 5.97 Å². The largest absolute Gasteiger partial charge is 0.508 e. The monoisotopic (exact) mass is 205 g/mol.